The largest absolute Gasteiger partial charge is 0.481 e. The summed E-state index contributed by atoms with van der Waals surface area (Å²) in [7, 11) is 0. The minimum atomic E-state index is -0.960. The first-order valence-corrected chi connectivity index (χ1v) is 9.23. The van der Waals surface area contributed by atoms with Crippen LogP contribution in [0.3, 0.4) is 0 Å². The van der Waals surface area contributed by atoms with Crippen molar-refractivity contribution in [2.45, 2.75) is 44.9 Å². The van der Waals surface area contributed by atoms with Gasteiger partial charge >= 0.3 is 5.97 Å². The molecule has 1 saturated heterocycles. The highest BCUT2D eigenvalue weighted by atomic mass is 16.5. The van der Waals surface area contributed by atoms with Crippen LogP contribution in [0.2, 0.25) is 0 Å². The van der Waals surface area contributed by atoms with Gasteiger partial charge in [0.1, 0.15) is 0 Å². The van der Waals surface area contributed by atoms with E-state index in [1.165, 1.54) is 11.1 Å². The van der Waals surface area contributed by atoms with Gasteiger partial charge in [0.25, 0.3) is 0 Å². The van der Waals surface area contributed by atoms with Crippen molar-refractivity contribution in [2.24, 2.45) is 5.41 Å². The van der Waals surface area contributed by atoms with Gasteiger partial charge < -0.3 is 15.2 Å². The number of benzene rings is 1. The van der Waals surface area contributed by atoms with E-state index >= 15 is 0 Å². The number of carboxylic acid groups (broad SMARTS) is 1. The maximum atomic E-state index is 12.3. The van der Waals surface area contributed by atoms with Crippen molar-refractivity contribution < 1.29 is 24.2 Å². The highest BCUT2D eigenvalue weighted by molar-refractivity contribution is 5.98. The number of rotatable bonds is 7. The Hall–Kier alpha value is -2.21. The second-order valence-corrected chi connectivity index (χ2v) is 7.23. The molecule has 1 amide bonds. The summed E-state index contributed by atoms with van der Waals surface area (Å²) in [4.78, 5) is 36.0. The molecule has 1 aliphatic carbocycles. The smallest absolute Gasteiger partial charge is 0.311 e. The lowest BCUT2D eigenvalue weighted by Gasteiger charge is -2.33. The van der Waals surface area contributed by atoms with Crippen LogP contribution in [0.1, 0.15) is 53.6 Å². The van der Waals surface area contributed by atoms with E-state index in [1.54, 1.807) is 0 Å². The summed E-state index contributed by atoms with van der Waals surface area (Å²) in [6, 6.07) is 5.80. The highest BCUT2D eigenvalue weighted by Gasteiger charge is 2.40. The van der Waals surface area contributed by atoms with Gasteiger partial charge in [0, 0.05) is 38.2 Å². The second-order valence-electron chi connectivity index (χ2n) is 7.23. The molecular formula is C20H25NO5. The zero-order valence-corrected chi connectivity index (χ0v) is 14.9. The standard InChI is InChI=1S/C20H25NO5/c22-17(16-5-4-14-2-1-3-15(14)12-16)6-7-18(23)21-13-20(19(24)25)8-10-26-11-9-20/h4-5,12H,1-3,6-11,13H2,(H,21,23)(H,24,25). The molecule has 3 rings (SSSR count). The van der Waals surface area contributed by atoms with Crippen LogP contribution in [0.4, 0.5) is 0 Å². The maximum absolute atomic E-state index is 12.3. The number of aryl methyl sites for hydroxylation is 2. The highest BCUT2D eigenvalue weighted by Crippen LogP contribution is 2.30. The topological polar surface area (TPSA) is 92.7 Å². The van der Waals surface area contributed by atoms with Crippen LogP contribution in [0.15, 0.2) is 18.2 Å². The normalized spacial score (nSPS) is 18.2. The number of aliphatic carboxylic acids is 1. The van der Waals surface area contributed by atoms with Gasteiger partial charge in [-0.05, 0) is 49.3 Å². The zero-order chi connectivity index (χ0) is 18.6. The Morgan fingerprint density at radius 3 is 2.54 bits per heavy atom. The quantitative estimate of drug-likeness (QED) is 0.728. The van der Waals surface area contributed by atoms with Crippen LogP contribution in [-0.2, 0) is 27.2 Å². The first kappa shape index (κ1) is 18.6. The number of Topliss-reactive ketones (excluding diaryl/α,β-unsaturated/α-hetero) is 1. The third-order valence-electron chi connectivity index (χ3n) is 5.53. The maximum Gasteiger partial charge on any atom is 0.311 e. The molecule has 0 unspecified atom stereocenters. The van der Waals surface area contributed by atoms with Gasteiger partial charge in [0.2, 0.25) is 5.91 Å². The van der Waals surface area contributed by atoms with Crippen LogP contribution < -0.4 is 5.32 Å². The number of ketones is 1. The molecule has 1 heterocycles. The van der Waals surface area contributed by atoms with E-state index in [-0.39, 0.29) is 31.1 Å². The molecule has 0 saturated carbocycles. The first-order valence-electron chi connectivity index (χ1n) is 9.23. The fraction of sp³-hybridized carbons (Fsp3) is 0.550. The molecule has 6 heteroatoms. The number of fused-ring (bicyclic) bond motifs is 1. The molecule has 0 aromatic heterocycles. The van der Waals surface area contributed by atoms with Crippen molar-refractivity contribution in [2.75, 3.05) is 19.8 Å². The van der Waals surface area contributed by atoms with Gasteiger partial charge in [-0.1, -0.05) is 12.1 Å². The van der Waals surface area contributed by atoms with Crippen LogP contribution in [0, 0.1) is 5.41 Å². The number of carbonyl (C=O) groups excluding carboxylic acids is 2. The van der Waals surface area contributed by atoms with E-state index in [1.807, 2.05) is 18.2 Å². The summed E-state index contributed by atoms with van der Waals surface area (Å²) < 4.78 is 5.22. The Morgan fingerprint density at radius 2 is 1.81 bits per heavy atom. The molecule has 6 nitrogen and oxygen atoms in total. The monoisotopic (exact) mass is 359 g/mol. The molecule has 0 bridgehead atoms. The Kier molecular flexibility index (Phi) is 5.71. The molecule has 1 fully saturated rings. The Bertz CT molecular complexity index is 706. The molecule has 0 atom stereocenters. The molecule has 2 N–H and O–H groups in total. The Balaban J connectivity index is 1.49. The number of amides is 1. The zero-order valence-electron chi connectivity index (χ0n) is 14.9. The molecule has 1 aliphatic heterocycles. The number of hydrogen-bond donors (Lipinski definition) is 2. The lowest BCUT2D eigenvalue weighted by Crippen LogP contribution is -2.46. The van der Waals surface area contributed by atoms with Crippen molar-refractivity contribution in [3.63, 3.8) is 0 Å². The third kappa shape index (κ3) is 4.12. The van der Waals surface area contributed by atoms with Crippen LogP contribution in [0.25, 0.3) is 0 Å². The summed E-state index contributed by atoms with van der Waals surface area (Å²) in [5, 5.41) is 12.2. The van der Waals surface area contributed by atoms with E-state index in [0.717, 1.165) is 19.3 Å². The van der Waals surface area contributed by atoms with Gasteiger partial charge in [-0.25, -0.2) is 0 Å². The molecule has 2 aliphatic rings. The molecule has 26 heavy (non-hydrogen) atoms. The molecule has 0 radical (unpaired) electrons. The van der Waals surface area contributed by atoms with Crippen LogP contribution in [0.5, 0.6) is 0 Å². The molecular weight excluding hydrogens is 334 g/mol. The number of nitrogens with one attached hydrogen (secondary N) is 1. The van der Waals surface area contributed by atoms with Gasteiger partial charge in [0.15, 0.2) is 5.78 Å². The average Bonchev–Trinajstić information content (AvgIpc) is 3.12. The average molecular weight is 359 g/mol. The van der Waals surface area contributed by atoms with Crippen LogP contribution in [-0.4, -0.2) is 42.5 Å². The van der Waals surface area contributed by atoms with E-state index in [9.17, 15) is 19.5 Å². The van der Waals surface area contributed by atoms with Crippen molar-refractivity contribution in [1.82, 2.24) is 5.32 Å². The van der Waals surface area contributed by atoms with Crippen molar-refractivity contribution in [1.29, 1.82) is 0 Å². The van der Waals surface area contributed by atoms with E-state index in [2.05, 4.69) is 5.32 Å². The minimum absolute atomic E-state index is 0.0473. The lowest BCUT2D eigenvalue weighted by atomic mass is 9.80. The first-order chi connectivity index (χ1) is 12.5. The van der Waals surface area contributed by atoms with E-state index < -0.39 is 11.4 Å². The summed E-state index contributed by atoms with van der Waals surface area (Å²) >= 11 is 0. The van der Waals surface area contributed by atoms with E-state index in [4.69, 9.17) is 4.74 Å². The van der Waals surface area contributed by atoms with Gasteiger partial charge in [-0.15, -0.1) is 0 Å². The van der Waals surface area contributed by atoms with E-state index in [0.29, 0.717) is 31.6 Å². The Morgan fingerprint density at radius 1 is 1.08 bits per heavy atom. The molecule has 1 aromatic carbocycles. The molecule has 1 aromatic rings. The predicted octanol–water partition coefficient (Wildman–Crippen LogP) is 2.14. The fourth-order valence-corrected chi connectivity index (χ4v) is 3.70. The third-order valence-corrected chi connectivity index (χ3v) is 5.53. The van der Waals surface area contributed by atoms with Crippen molar-refractivity contribution in [3.05, 3.63) is 34.9 Å². The van der Waals surface area contributed by atoms with Gasteiger partial charge in [-0.3, -0.25) is 14.4 Å². The van der Waals surface area contributed by atoms with Crippen molar-refractivity contribution >= 4 is 17.7 Å². The summed E-state index contributed by atoms with van der Waals surface area (Å²) in [5.41, 5.74) is 2.25. The molecule has 0 spiro atoms. The summed E-state index contributed by atoms with van der Waals surface area (Å²) in [6.45, 7) is 0.857. The van der Waals surface area contributed by atoms with Gasteiger partial charge in [-0.2, -0.15) is 0 Å². The summed E-state index contributed by atoms with van der Waals surface area (Å²) in [6.07, 6.45) is 4.19. The second kappa shape index (κ2) is 7.99. The Labute approximate surface area is 152 Å². The van der Waals surface area contributed by atoms with Crippen LogP contribution >= 0.6 is 0 Å². The lowest BCUT2D eigenvalue weighted by molar-refractivity contribution is -0.154. The summed E-state index contributed by atoms with van der Waals surface area (Å²) in [5.74, 6) is -1.24. The number of ether oxygens (including phenoxy) is 1. The SMILES string of the molecule is O=C(CCC(=O)c1ccc2c(c1)CCC2)NCC1(C(=O)O)CCOCC1. The predicted molar refractivity (Wildman–Crippen MR) is 95.2 cm³/mol. The fourth-order valence-electron chi connectivity index (χ4n) is 3.70. The number of hydrogen-bond acceptors (Lipinski definition) is 4. The number of carbonyl (C=O) groups is 3. The van der Waals surface area contributed by atoms with Crippen molar-refractivity contribution in [3.8, 4) is 0 Å². The number of carboxylic acids is 1. The van der Waals surface area contributed by atoms with Gasteiger partial charge in [0.05, 0.1) is 5.41 Å². The molecule has 140 valence electrons. The minimum Gasteiger partial charge on any atom is -0.481 e.